The molecule has 2 fully saturated rings. The number of aromatic carboxylic acids is 1. The van der Waals surface area contributed by atoms with Crippen LogP contribution in [0, 0.1) is 5.82 Å². The average Bonchev–Trinajstić information content (AvgIpc) is 3.83. The fraction of sp³-hybridized carbons (Fsp3) is 0.242. The molecule has 2 N–H and O–H groups in total. The van der Waals surface area contributed by atoms with Crippen molar-refractivity contribution in [1.29, 1.82) is 0 Å². The van der Waals surface area contributed by atoms with Gasteiger partial charge in [0.25, 0.3) is 0 Å². The molecule has 3 aromatic carbocycles. The molecular formula is C33H29ClFN3O5. The van der Waals surface area contributed by atoms with Crippen molar-refractivity contribution in [2.45, 2.75) is 25.4 Å². The molecule has 1 aromatic heterocycles. The topological polar surface area (TPSA) is 103 Å². The van der Waals surface area contributed by atoms with Crippen LogP contribution in [-0.2, 0) is 6.54 Å². The molecule has 2 aliphatic rings. The van der Waals surface area contributed by atoms with Crippen LogP contribution in [0.1, 0.15) is 50.7 Å². The predicted molar refractivity (Wildman–Crippen MR) is 164 cm³/mol. The lowest BCUT2D eigenvalue weighted by Crippen LogP contribution is -2.46. The molecule has 6 rings (SSSR count). The minimum atomic E-state index is -1.32. The van der Waals surface area contributed by atoms with E-state index in [4.69, 9.17) is 11.6 Å². The molecule has 0 atom stereocenters. The summed E-state index contributed by atoms with van der Waals surface area (Å²) < 4.78 is 17.1. The van der Waals surface area contributed by atoms with Gasteiger partial charge < -0.3 is 19.7 Å². The molecule has 0 bridgehead atoms. The number of allylic oxidation sites excluding steroid dienone is 1. The molecule has 1 saturated carbocycles. The second-order valence-corrected chi connectivity index (χ2v) is 11.4. The van der Waals surface area contributed by atoms with Gasteiger partial charge in [0.05, 0.1) is 11.2 Å². The number of carboxylic acid groups (broad SMARTS) is 1. The summed E-state index contributed by atoms with van der Waals surface area (Å²) in [4.78, 5) is 41.3. The van der Waals surface area contributed by atoms with Crippen molar-refractivity contribution in [2.24, 2.45) is 0 Å². The van der Waals surface area contributed by atoms with Crippen LogP contribution in [0.25, 0.3) is 17.0 Å². The number of rotatable bonds is 8. The zero-order chi connectivity index (χ0) is 30.2. The lowest BCUT2D eigenvalue weighted by molar-refractivity contribution is 0.0694. The third-order valence-corrected chi connectivity index (χ3v) is 8.25. The number of phenols is 1. The molecule has 10 heteroatoms. The Morgan fingerprint density at radius 3 is 2.49 bits per heavy atom. The largest absolute Gasteiger partial charge is 0.508 e. The SMILES string of the molecule is O=C(/C=C/c1cccc(Cl)c1)c1ccc(O)c(CN2CCN(c3cc4c(cc3F)c(=O)c(C(=O)O)cn4C3CC3)CC2)c1. The van der Waals surface area contributed by atoms with E-state index < -0.39 is 17.2 Å². The number of benzene rings is 3. The maximum absolute atomic E-state index is 15.3. The highest BCUT2D eigenvalue weighted by Crippen LogP contribution is 2.38. The molecule has 8 nitrogen and oxygen atoms in total. The number of nitrogens with zero attached hydrogens (tertiary/aromatic N) is 3. The summed E-state index contributed by atoms with van der Waals surface area (Å²) in [6, 6.07) is 14.9. The average molecular weight is 602 g/mol. The quantitative estimate of drug-likeness (QED) is 0.196. The zero-order valence-electron chi connectivity index (χ0n) is 23.2. The van der Waals surface area contributed by atoms with Crippen LogP contribution in [0.15, 0.2) is 71.7 Å². The molecule has 0 unspecified atom stereocenters. The van der Waals surface area contributed by atoms with Crippen molar-refractivity contribution in [2.75, 3.05) is 31.1 Å². The highest BCUT2D eigenvalue weighted by molar-refractivity contribution is 6.30. The van der Waals surface area contributed by atoms with E-state index in [1.807, 2.05) is 17.0 Å². The summed E-state index contributed by atoms with van der Waals surface area (Å²) in [7, 11) is 0. The van der Waals surface area contributed by atoms with Crippen molar-refractivity contribution in [3.8, 4) is 5.75 Å². The molecule has 4 aromatic rings. The zero-order valence-corrected chi connectivity index (χ0v) is 23.9. The lowest BCUT2D eigenvalue weighted by Gasteiger charge is -2.36. The van der Waals surface area contributed by atoms with Gasteiger partial charge in [-0.2, -0.15) is 0 Å². The number of phenolic OH excluding ortho intramolecular Hbond substituents is 1. The van der Waals surface area contributed by atoms with Gasteiger partial charge in [0.1, 0.15) is 17.1 Å². The molecule has 43 heavy (non-hydrogen) atoms. The Balaban J connectivity index is 1.16. The highest BCUT2D eigenvalue weighted by atomic mass is 35.5. The normalized spacial score (nSPS) is 15.8. The Morgan fingerprint density at radius 1 is 1.02 bits per heavy atom. The van der Waals surface area contributed by atoms with Crippen molar-refractivity contribution < 1.29 is 24.2 Å². The fourth-order valence-electron chi connectivity index (χ4n) is 5.54. The summed E-state index contributed by atoms with van der Waals surface area (Å²) >= 11 is 6.02. The molecule has 0 spiro atoms. The van der Waals surface area contributed by atoms with Crippen molar-refractivity contribution in [1.82, 2.24) is 9.47 Å². The summed E-state index contributed by atoms with van der Waals surface area (Å²) in [5.74, 6) is -2.00. The van der Waals surface area contributed by atoms with Gasteiger partial charge in [-0.1, -0.05) is 29.8 Å². The third-order valence-electron chi connectivity index (χ3n) is 8.02. The van der Waals surface area contributed by atoms with Crippen molar-refractivity contribution in [3.05, 3.63) is 110 Å². The number of carbonyl (C=O) groups excluding carboxylic acids is 1. The Labute approximate surface area is 251 Å². The molecule has 0 radical (unpaired) electrons. The molecular weight excluding hydrogens is 573 g/mol. The summed E-state index contributed by atoms with van der Waals surface area (Å²) in [5.41, 5.74) is 1.74. The van der Waals surface area contributed by atoms with Crippen LogP contribution in [0.3, 0.4) is 0 Å². The molecule has 1 aliphatic heterocycles. The Bertz CT molecular complexity index is 1840. The second-order valence-electron chi connectivity index (χ2n) is 11.0. The van der Waals surface area contributed by atoms with Gasteiger partial charge in [0.15, 0.2) is 5.78 Å². The van der Waals surface area contributed by atoms with Gasteiger partial charge in [0.2, 0.25) is 5.43 Å². The van der Waals surface area contributed by atoms with E-state index in [0.717, 1.165) is 24.5 Å². The maximum atomic E-state index is 15.3. The Morgan fingerprint density at radius 2 is 1.79 bits per heavy atom. The number of anilines is 1. The predicted octanol–water partition coefficient (Wildman–Crippen LogP) is 5.75. The van der Waals surface area contributed by atoms with Crippen LogP contribution in [0.2, 0.25) is 5.02 Å². The number of hydrogen-bond donors (Lipinski definition) is 2. The van der Waals surface area contributed by atoms with E-state index in [0.29, 0.717) is 60.1 Å². The number of aromatic nitrogens is 1. The first-order valence-electron chi connectivity index (χ1n) is 14.1. The van der Waals surface area contributed by atoms with Gasteiger partial charge in [-0.05, 0) is 66.9 Å². The standard InChI is InChI=1S/C33H29ClFN3O5/c34-23-3-1-2-20(14-23)4-8-30(39)21-5-9-31(40)22(15-21)18-36-10-12-37(13-11-36)29-17-28-25(16-27(29)35)32(41)26(33(42)43)19-38(28)24-6-7-24/h1-5,8-9,14-17,19,24,40H,6-7,10-13,18H2,(H,42,43)/b8-4+. The fourth-order valence-corrected chi connectivity index (χ4v) is 5.74. The van der Waals surface area contributed by atoms with Crippen LogP contribution >= 0.6 is 11.6 Å². The minimum Gasteiger partial charge on any atom is -0.508 e. The van der Waals surface area contributed by atoms with Crippen LogP contribution in [0.5, 0.6) is 5.75 Å². The number of pyridine rings is 1. The van der Waals surface area contributed by atoms with E-state index in [1.54, 1.807) is 41.0 Å². The Kier molecular flexibility index (Phi) is 7.77. The van der Waals surface area contributed by atoms with Crippen molar-refractivity contribution >= 4 is 46.0 Å². The first-order chi connectivity index (χ1) is 20.7. The molecule has 2 heterocycles. The first kappa shape index (κ1) is 28.6. The van der Waals surface area contributed by atoms with E-state index in [1.165, 1.54) is 18.3 Å². The monoisotopic (exact) mass is 601 g/mol. The van der Waals surface area contributed by atoms with Crippen molar-refractivity contribution in [3.63, 3.8) is 0 Å². The second kappa shape index (κ2) is 11.7. The number of ketones is 1. The molecule has 1 aliphatic carbocycles. The smallest absolute Gasteiger partial charge is 0.341 e. The number of carboxylic acids is 1. The van der Waals surface area contributed by atoms with Crippen LogP contribution in [-0.4, -0.2) is 57.6 Å². The first-order valence-corrected chi connectivity index (χ1v) is 14.4. The molecule has 0 amide bonds. The lowest BCUT2D eigenvalue weighted by atomic mass is 10.0. The molecule has 1 saturated heterocycles. The van der Waals surface area contributed by atoms with E-state index in [9.17, 15) is 24.6 Å². The number of fused-ring (bicyclic) bond motifs is 1. The number of carbonyl (C=O) groups is 2. The summed E-state index contributed by atoms with van der Waals surface area (Å²) in [6.45, 7) is 2.59. The number of halogens is 2. The highest BCUT2D eigenvalue weighted by Gasteiger charge is 2.28. The van der Waals surface area contributed by atoms with E-state index in [2.05, 4.69) is 4.90 Å². The van der Waals surface area contributed by atoms with Gasteiger partial charge >= 0.3 is 5.97 Å². The third kappa shape index (κ3) is 6.04. The number of hydrogen-bond acceptors (Lipinski definition) is 6. The van der Waals surface area contributed by atoms with E-state index >= 15 is 4.39 Å². The van der Waals surface area contributed by atoms with Gasteiger partial charge in [-0.15, -0.1) is 0 Å². The summed E-state index contributed by atoms with van der Waals surface area (Å²) in [6.07, 6.45) is 6.30. The molecule has 220 valence electrons. The van der Waals surface area contributed by atoms with E-state index in [-0.39, 0.29) is 28.5 Å². The minimum absolute atomic E-state index is 0.0685. The summed E-state index contributed by atoms with van der Waals surface area (Å²) in [5, 5.41) is 20.6. The van der Waals surface area contributed by atoms with Crippen LogP contribution < -0.4 is 10.3 Å². The Hall–Kier alpha value is -4.47. The number of piperazine rings is 1. The maximum Gasteiger partial charge on any atom is 0.341 e. The van der Waals surface area contributed by atoms with Gasteiger partial charge in [-0.3, -0.25) is 14.5 Å². The van der Waals surface area contributed by atoms with Gasteiger partial charge in [0, 0.05) is 66.5 Å². The number of aromatic hydroxyl groups is 1. The van der Waals surface area contributed by atoms with Gasteiger partial charge in [-0.25, -0.2) is 9.18 Å². The van der Waals surface area contributed by atoms with Crippen LogP contribution in [0.4, 0.5) is 10.1 Å².